The van der Waals surface area contributed by atoms with E-state index in [0.717, 1.165) is 12.1 Å². The Morgan fingerprint density at radius 1 is 1.03 bits per heavy atom. The standard InChI is InChI=1S/C22H11ClF6N2O2/c23-11-7-14(18(26)15(25)8-11)19-17-13(21(33)31-19)2-1-3-16(17)30-20(32)9-4-10(22(27,28)29)6-12(24)5-9/h1-8,19H,(H,30,32)(H,31,33). The van der Waals surface area contributed by atoms with Gasteiger partial charge in [-0.1, -0.05) is 17.7 Å². The Bertz CT molecular complexity index is 1310. The van der Waals surface area contributed by atoms with Gasteiger partial charge in [0.25, 0.3) is 11.8 Å². The van der Waals surface area contributed by atoms with Crippen molar-refractivity contribution in [2.75, 3.05) is 5.32 Å². The van der Waals surface area contributed by atoms with Gasteiger partial charge >= 0.3 is 6.18 Å². The van der Waals surface area contributed by atoms with Gasteiger partial charge in [0.2, 0.25) is 0 Å². The first-order valence-electron chi connectivity index (χ1n) is 9.23. The van der Waals surface area contributed by atoms with Crippen LogP contribution in [0.5, 0.6) is 0 Å². The van der Waals surface area contributed by atoms with Crippen molar-refractivity contribution in [1.29, 1.82) is 0 Å². The second-order valence-corrected chi connectivity index (χ2v) is 7.58. The summed E-state index contributed by atoms with van der Waals surface area (Å²) >= 11 is 5.82. The smallest absolute Gasteiger partial charge is 0.341 e. The van der Waals surface area contributed by atoms with Crippen molar-refractivity contribution in [2.45, 2.75) is 12.2 Å². The lowest BCUT2D eigenvalue weighted by Crippen LogP contribution is -2.22. The second kappa shape index (κ2) is 8.11. The zero-order chi connectivity index (χ0) is 24.1. The highest BCUT2D eigenvalue weighted by Crippen LogP contribution is 2.39. The number of anilines is 1. The van der Waals surface area contributed by atoms with Crippen molar-refractivity contribution in [3.8, 4) is 0 Å². The van der Waals surface area contributed by atoms with Gasteiger partial charge < -0.3 is 10.6 Å². The fourth-order valence-electron chi connectivity index (χ4n) is 3.56. The molecule has 1 aliphatic rings. The van der Waals surface area contributed by atoms with Crippen LogP contribution in [0.15, 0.2) is 48.5 Å². The van der Waals surface area contributed by atoms with Crippen molar-refractivity contribution >= 4 is 29.1 Å². The number of benzene rings is 3. The Labute approximate surface area is 187 Å². The van der Waals surface area contributed by atoms with E-state index in [1.165, 1.54) is 18.2 Å². The summed E-state index contributed by atoms with van der Waals surface area (Å²) in [5.74, 6) is -5.58. The molecule has 0 aromatic heterocycles. The molecular formula is C22H11ClF6N2O2. The van der Waals surface area contributed by atoms with Gasteiger partial charge in [0.15, 0.2) is 11.6 Å². The molecule has 2 N–H and O–H groups in total. The highest BCUT2D eigenvalue weighted by Gasteiger charge is 2.36. The average molecular weight is 485 g/mol. The predicted molar refractivity (Wildman–Crippen MR) is 106 cm³/mol. The first kappa shape index (κ1) is 22.7. The van der Waals surface area contributed by atoms with Gasteiger partial charge in [-0.2, -0.15) is 13.2 Å². The van der Waals surface area contributed by atoms with Crippen LogP contribution >= 0.6 is 11.6 Å². The first-order chi connectivity index (χ1) is 15.5. The molecular weight excluding hydrogens is 474 g/mol. The number of carbonyl (C=O) groups is 2. The lowest BCUT2D eigenvalue weighted by molar-refractivity contribution is -0.137. The van der Waals surface area contributed by atoms with E-state index in [1.54, 1.807) is 0 Å². The van der Waals surface area contributed by atoms with Crippen LogP contribution < -0.4 is 10.6 Å². The fourth-order valence-corrected chi connectivity index (χ4v) is 3.78. The van der Waals surface area contributed by atoms with E-state index >= 15 is 0 Å². The molecule has 3 aromatic rings. The molecule has 0 spiro atoms. The third kappa shape index (κ3) is 4.25. The van der Waals surface area contributed by atoms with Crippen molar-refractivity contribution in [3.05, 3.63) is 98.8 Å². The fraction of sp³-hybridized carbons (Fsp3) is 0.0909. The molecule has 0 saturated heterocycles. The van der Waals surface area contributed by atoms with Gasteiger partial charge in [-0.15, -0.1) is 0 Å². The Kier molecular flexibility index (Phi) is 5.57. The summed E-state index contributed by atoms with van der Waals surface area (Å²) in [5, 5.41) is 4.63. The minimum Gasteiger partial charge on any atom is -0.341 e. The van der Waals surface area contributed by atoms with Gasteiger partial charge in [-0.05, 0) is 42.5 Å². The molecule has 1 aliphatic heterocycles. The van der Waals surface area contributed by atoms with Gasteiger partial charge in [0.05, 0.1) is 11.6 Å². The van der Waals surface area contributed by atoms with Crippen LogP contribution in [0.4, 0.5) is 32.0 Å². The number of amides is 2. The SMILES string of the molecule is O=C(Nc1cccc2c1C(c1cc(Cl)cc(F)c1F)NC2=O)c1cc(F)cc(C(F)(F)F)c1. The number of nitrogens with one attached hydrogen (secondary N) is 2. The third-order valence-corrected chi connectivity index (χ3v) is 5.20. The summed E-state index contributed by atoms with van der Waals surface area (Å²) in [6.45, 7) is 0. The number of halogens is 7. The van der Waals surface area contributed by atoms with Gasteiger partial charge in [0.1, 0.15) is 5.82 Å². The Morgan fingerprint density at radius 3 is 2.45 bits per heavy atom. The van der Waals surface area contributed by atoms with E-state index in [-0.39, 0.29) is 33.5 Å². The molecule has 0 bridgehead atoms. The quantitative estimate of drug-likeness (QED) is 0.361. The molecule has 0 fully saturated rings. The highest BCUT2D eigenvalue weighted by molar-refractivity contribution is 6.30. The number of alkyl halides is 3. The molecule has 0 radical (unpaired) electrons. The molecule has 0 saturated carbocycles. The average Bonchev–Trinajstić information content (AvgIpc) is 3.07. The largest absolute Gasteiger partial charge is 0.416 e. The number of hydrogen-bond acceptors (Lipinski definition) is 2. The van der Waals surface area contributed by atoms with Crippen LogP contribution in [-0.2, 0) is 6.18 Å². The Balaban J connectivity index is 1.77. The summed E-state index contributed by atoms with van der Waals surface area (Å²) in [5.41, 5.74) is -2.32. The topological polar surface area (TPSA) is 58.2 Å². The molecule has 1 unspecified atom stereocenters. The van der Waals surface area contributed by atoms with Crippen LogP contribution in [0.3, 0.4) is 0 Å². The minimum atomic E-state index is -4.89. The van der Waals surface area contributed by atoms with Crippen LogP contribution in [0.1, 0.15) is 43.4 Å². The number of carbonyl (C=O) groups excluding carboxylic acids is 2. The molecule has 2 amide bonds. The number of hydrogen-bond donors (Lipinski definition) is 2. The van der Waals surface area contributed by atoms with Gasteiger partial charge in [-0.3, -0.25) is 9.59 Å². The number of rotatable bonds is 3. The maximum atomic E-state index is 14.5. The van der Waals surface area contributed by atoms with Gasteiger partial charge in [-0.25, -0.2) is 13.2 Å². The Morgan fingerprint density at radius 2 is 1.76 bits per heavy atom. The third-order valence-electron chi connectivity index (χ3n) is 4.98. The molecule has 4 nitrogen and oxygen atoms in total. The first-order valence-corrected chi connectivity index (χ1v) is 9.61. The molecule has 3 aromatic carbocycles. The van der Waals surface area contributed by atoms with Gasteiger partial charge in [0, 0.05) is 33.0 Å². The Hall–Kier alpha value is -3.53. The minimum absolute atomic E-state index is 0.0211. The lowest BCUT2D eigenvalue weighted by Gasteiger charge is -2.18. The van der Waals surface area contributed by atoms with E-state index in [4.69, 9.17) is 11.6 Å². The van der Waals surface area contributed by atoms with Crippen molar-refractivity contribution in [3.63, 3.8) is 0 Å². The predicted octanol–water partition coefficient (Wildman–Crippen LogP) is 5.86. The zero-order valence-corrected chi connectivity index (χ0v) is 16.9. The van der Waals surface area contributed by atoms with Crippen LogP contribution in [0.25, 0.3) is 0 Å². The van der Waals surface area contributed by atoms with E-state index < -0.39 is 52.6 Å². The normalized spacial score (nSPS) is 15.2. The van der Waals surface area contributed by atoms with Crippen molar-refractivity contribution in [1.82, 2.24) is 5.32 Å². The number of fused-ring (bicyclic) bond motifs is 1. The van der Waals surface area contributed by atoms with E-state index in [2.05, 4.69) is 10.6 Å². The lowest BCUT2D eigenvalue weighted by atomic mass is 9.95. The zero-order valence-electron chi connectivity index (χ0n) is 16.2. The van der Waals surface area contributed by atoms with Crippen LogP contribution in [0, 0.1) is 17.5 Å². The molecule has 1 heterocycles. The summed E-state index contributed by atoms with van der Waals surface area (Å²) < 4.78 is 81.0. The van der Waals surface area contributed by atoms with E-state index in [0.29, 0.717) is 12.1 Å². The van der Waals surface area contributed by atoms with E-state index in [9.17, 15) is 35.9 Å². The van der Waals surface area contributed by atoms with E-state index in [1.807, 2.05) is 0 Å². The molecule has 0 aliphatic carbocycles. The summed E-state index contributed by atoms with van der Waals surface area (Å²) in [7, 11) is 0. The van der Waals surface area contributed by atoms with Crippen LogP contribution in [0.2, 0.25) is 5.02 Å². The van der Waals surface area contributed by atoms with Crippen molar-refractivity contribution in [2.24, 2.45) is 0 Å². The molecule has 170 valence electrons. The summed E-state index contributed by atoms with van der Waals surface area (Å²) in [6.07, 6.45) is -4.89. The monoisotopic (exact) mass is 484 g/mol. The van der Waals surface area contributed by atoms with Crippen LogP contribution in [-0.4, -0.2) is 11.8 Å². The maximum Gasteiger partial charge on any atom is 0.416 e. The molecule has 11 heteroatoms. The molecule has 4 rings (SSSR count). The van der Waals surface area contributed by atoms with Crippen molar-refractivity contribution < 1.29 is 35.9 Å². The second-order valence-electron chi connectivity index (χ2n) is 7.14. The highest BCUT2D eigenvalue weighted by atomic mass is 35.5. The molecule has 1 atom stereocenters. The summed E-state index contributed by atoms with van der Waals surface area (Å²) in [4.78, 5) is 25.0. The molecule has 33 heavy (non-hydrogen) atoms. The summed E-state index contributed by atoms with van der Waals surface area (Å²) in [6, 6.07) is 5.96. The maximum absolute atomic E-state index is 14.5.